The molecule has 0 amide bonds. The largest absolute Gasteiger partial charge is 0.299 e. The first-order valence-corrected chi connectivity index (χ1v) is 11.1. The molecule has 5 nitrogen and oxygen atoms in total. The molecular weight excluding hydrogens is 382 g/mol. The molecule has 130 valence electrons. The van der Waals surface area contributed by atoms with Crippen molar-refractivity contribution in [2.24, 2.45) is 0 Å². The summed E-state index contributed by atoms with van der Waals surface area (Å²) in [7, 11) is 0. The van der Waals surface area contributed by atoms with Gasteiger partial charge in [-0.15, -0.1) is 21.5 Å². The number of rotatable bonds is 6. The van der Waals surface area contributed by atoms with Crippen LogP contribution in [-0.2, 0) is 5.75 Å². The van der Waals surface area contributed by atoms with Gasteiger partial charge in [0.2, 0.25) is 0 Å². The van der Waals surface area contributed by atoms with E-state index >= 15 is 0 Å². The molecule has 4 heterocycles. The lowest BCUT2D eigenvalue weighted by Gasteiger charge is -2.08. The number of pyridine rings is 1. The number of hydrogen-bond acceptors (Lipinski definition) is 7. The Morgan fingerprint density at radius 1 is 1.15 bits per heavy atom. The number of thiophene rings is 1. The molecule has 0 spiro atoms. The number of thioether (sulfide) groups is 1. The van der Waals surface area contributed by atoms with Crippen molar-refractivity contribution in [2.75, 3.05) is 0 Å². The van der Waals surface area contributed by atoms with E-state index in [1.54, 1.807) is 40.6 Å². The van der Waals surface area contributed by atoms with Gasteiger partial charge in [0.1, 0.15) is 5.01 Å². The van der Waals surface area contributed by atoms with Crippen LogP contribution in [-0.4, -0.2) is 24.7 Å². The van der Waals surface area contributed by atoms with Crippen molar-refractivity contribution in [1.82, 2.24) is 24.7 Å². The van der Waals surface area contributed by atoms with Gasteiger partial charge in [-0.25, -0.2) is 4.98 Å². The highest BCUT2D eigenvalue weighted by molar-refractivity contribution is 7.98. The maximum atomic E-state index is 4.76. The van der Waals surface area contributed by atoms with Crippen LogP contribution in [0.15, 0.2) is 51.9 Å². The van der Waals surface area contributed by atoms with E-state index in [0.717, 1.165) is 33.0 Å². The molecule has 8 heteroatoms. The number of aromatic nitrogens is 5. The highest BCUT2D eigenvalue weighted by Gasteiger charge is 2.30. The molecule has 1 aliphatic rings. The van der Waals surface area contributed by atoms with Crippen LogP contribution in [0.3, 0.4) is 0 Å². The van der Waals surface area contributed by atoms with Crippen LogP contribution in [0.25, 0.3) is 22.0 Å². The summed E-state index contributed by atoms with van der Waals surface area (Å²) >= 11 is 5.11. The van der Waals surface area contributed by atoms with Gasteiger partial charge in [0.05, 0.1) is 5.69 Å². The smallest absolute Gasteiger partial charge is 0.192 e. The molecule has 0 bridgehead atoms. The van der Waals surface area contributed by atoms with Crippen molar-refractivity contribution in [2.45, 2.75) is 29.8 Å². The maximum absolute atomic E-state index is 4.76. The highest BCUT2D eigenvalue weighted by Crippen LogP contribution is 2.41. The van der Waals surface area contributed by atoms with Crippen molar-refractivity contribution < 1.29 is 0 Å². The summed E-state index contributed by atoms with van der Waals surface area (Å²) < 4.78 is 2.27. The Balaban J connectivity index is 1.37. The lowest BCUT2D eigenvalue weighted by atomic mass is 10.3. The molecular formula is C18H15N5S3. The van der Waals surface area contributed by atoms with Crippen molar-refractivity contribution in [3.05, 3.63) is 52.4 Å². The normalized spacial score (nSPS) is 14.0. The van der Waals surface area contributed by atoms with E-state index in [0.29, 0.717) is 6.04 Å². The topological polar surface area (TPSA) is 56.5 Å². The van der Waals surface area contributed by atoms with E-state index < -0.39 is 0 Å². The fourth-order valence-corrected chi connectivity index (χ4v) is 5.30. The second-order valence-corrected chi connectivity index (χ2v) is 8.67. The van der Waals surface area contributed by atoms with Crippen LogP contribution in [0.4, 0.5) is 0 Å². The Labute approximate surface area is 163 Å². The molecule has 0 aliphatic heterocycles. The van der Waals surface area contributed by atoms with Crippen molar-refractivity contribution in [1.29, 1.82) is 0 Å². The minimum Gasteiger partial charge on any atom is -0.299 e. The van der Waals surface area contributed by atoms with E-state index in [9.17, 15) is 0 Å². The molecule has 1 fully saturated rings. The summed E-state index contributed by atoms with van der Waals surface area (Å²) in [4.78, 5) is 8.98. The number of hydrogen-bond donors (Lipinski definition) is 0. The van der Waals surface area contributed by atoms with Crippen LogP contribution in [0.2, 0.25) is 0 Å². The first-order chi connectivity index (χ1) is 12.9. The predicted molar refractivity (Wildman–Crippen MR) is 107 cm³/mol. The SMILES string of the molecule is c1cncc(-c2nnc(SCc3csc(-c4ccsc4)n3)n2C2CC2)c1. The highest BCUT2D eigenvalue weighted by atomic mass is 32.2. The van der Waals surface area contributed by atoms with E-state index in [-0.39, 0.29) is 0 Å². The van der Waals surface area contributed by atoms with Gasteiger partial charge in [0.15, 0.2) is 11.0 Å². The minimum absolute atomic E-state index is 0.513. The summed E-state index contributed by atoms with van der Waals surface area (Å²) in [6.07, 6.45) is 6.02. The summed E-state index contributed by atoms with van der Waals surface area (Å²) in [5, 5.41) is 17.3. The molecule has 0 unspecified atom stereocenters. The summed E-state index contributed by atoms with van der Waals surface area (Å²) in [5.41, 5.74) is 3.32. The Kier molecular flexibility index (Phi) is 4.32. The second-order valence-electron chi connectivity index (χ2n) is 6.09. The Morgan fingerprint density at radius 2 is 2.12 bits per heavy atom. The van der Waals surface area contributed by atoms with E-state index in [1.807, 2.05) is 18.3 Å². The maximum Gasteiger partial charge on any atom is 0.192 e. The van der Waals surface area contributed by atoms with Gasteiger partial charge in [-0.05, 0) is 36.4 Å². The molecule has 0 aromatic carbocycles. The molecule has 0 saturated heterocycles. The van der Waals surface area contributed by atoms with Gasteiger partial charge in [-0.2, -0.15) is 11.3 Å². The molecule has 1 saturated carbocycles. The molecule has 26 heavy (non-hydrogen) atoms. The van der Waals surface area contributed by atoms with Gasteiger partial charge in [0, 0.05) is 46.1 Å². The molecule has 0 atom stereocenters. The first-order valence-electron chi connectivity index (χ1n) is 8.33. The standard InChI is InChI=1S/C18H15N5S3/c1-2-12(8-19-6-1)16-21-22-18(23(16)15-3-4-15)26-11-14-10-25-17(20-14)13-5-7-24-9-13/h1-2,5-10,15H,3-4,11H2. The average molecular weight is 398 g/mol. The van der Waals surface area contributed by atoms with Gasteiger partial charge in [0.25, 0.3) is 0 Å². The second kappa shape index (κ2) is 6.94. The van der Waals surface area contributed by atoms with Gasteiger partial charge in [-0.1, -0.05) is 11.8 Å². The summed E-state index contributed by atoms with van der Waals surface area (Å²) in [6.45, 7) is 0. The monoisotopic (exact) mass is 397 g/mol. The Morgan fingerprint density at radius 3 is 2.88 bits per heavy atom. The summed E-state index contributed by atoms with van der Waals surface area (Å²) in [5.74, 6) is 1.72. The number of thiazole rings is 1. The fourth-order valence-electron chi connectivity index (χ4n) is 2.76. The van der Waals surface area contributed by atoms with E-state index in [1.165, 1.54) is 18.4 Å². The lowest BCUT2D eigenvalue weighted by Crippen LogP contribution is -2.00. The van der Waals surface area contributed by atoms with Crippen LogP contribution in [0.5, 0.6) is 0 Å². The minimum atomic E-state index is 0.513. The Bertz CT molecular complexity index is 1000. The number of nitrogens with zero attached hydrogens (tertiary/aromatic N) is 5. The van der Waals surface area contributed by atoms with Crippen LogP contribution < -0.4 is 0 Å². The van der Waals surface area contributed by atoms with Crippen molar-refractivity contribution >= 4 is 34.4 Å². The lowest BCUT2D eigenvalue weighted by molar-refractivity contribution is 0.669. The van der Waals surface area contributed by atoms with E-state index in [2.05, 4.69) is 42.0 Å². The average Bonchev–Trinajstić information content (AvgIpc) is 3.10. The molecule has 4 aromatic rings. The molecule has 0 N–H and O–H groups in total. The third-order valence-electron chi connectivity index (χ3n) is 4.17. The Hall–Kier alpha value is -2.03. The third-order valence-corrected chi connectivity index (χ3v) is 6.77. The molecule has 1 aliphatic carbocycles. The quantitative estimate of drug-likeness (QED) is 0.421. The molecule has 5 rings (SSSR count). The molecule has 0 radical (unpaired) electrons. The van der Waals surface area contributed by atoms with Crippen molar-refractivity contribution in [3.8, 4) is 22.0 Å². The zero-order valence-corrected chi connectivity index (χ0v) is 16.2. The van der Waals surface area contributed by atoms with Crippen molar-refractivity contribution in [3.63, 3.8) is 0 Å². The van der Waals surface area contributed by atoms with Crippen LogP contribution >= 0.6 is 34.4 Å². The van der Waals surface area contributed by atoms with Crippen LogP contribution in [0, 0.1) is 0 Å². The fraction of sp³-hybridized carbons (Fsp3) is 0.222. The third kappa shape index (κ3) is 3.20. The summed E-state index contributed by atoms with van der Waals surface area (Å²) in [6, 6.07) is 6.61. The van der Waals surface area contributed by atoms with Gasteiger partial charge in [-0.3, -0.25) is 9.55 Å². The first kappa shape index (κ1) is 16.2. The molecule has 4 aromatic heterocycles. The van der Waals surface area contributed by atoms with Gasteiger partial charge < -0.3 is 0 Å². The van der Waals surface area contributed by atoms with Gasteiger partial charge >= 0.3 is 0 Å². The zero-order valence-electron chi connectivity index (χ0n) is 13.8. The zero-order chi connectivity index (χ0) is 17.3. The van der Waals surface area contributed by atoms with Crippen LogP contribution in [0.1, 0.15) is 24.6 Å². The van der Waals surface area contributed by atoms with E-state index in [4.69, 9.17) is 4.98 Å². The predicted octanol–water partition coefficient (Wildman–Crippen LogP) is 5.15.